The van der Waals surface area contributed by atoms with Crippen LogP contribution in [0.15, 0.2) is 12.4 Å². The van der Waals surface area contributed by atoms with Crippen molar-refractivity contribution in [2.24, 2.45) is 5.92 Å². The summed E-state index contributed by atoms with van der Waals surface area (Å²) >= 11 is 0. The highest BCUT2D eigenvalue weighted by molar-refractivity contribution is 5.78. The number of aryl methyl sites for hydroxylation is 2. The van der Waals surface area contributed by atoms with Gasteiger partial charge in [-0.15, -0.1) is 0 Å². The Hall–Kier alpha value is -1.89. The highest BCUT2D eigenvalue weighted by atomic mass is 16.2. The smallest absolute Gasteiger partial charge is 0.236 e. The molecule has 2 bridgehead atoms. The van der Waals surface area contributed by atoms with Gasteiger partial charge in [0.05, 0.1) is 12.7 Å². The molecule has 3 saturated heterocycles. The molecule has 25 heavy (non-hydrogen) atoms. The quantitative estimate of drug-likeness (QED) is 0.782. The number of carbonyl (C=O) groups is 2. The molecular weight excluding hydrogens is 318 g/mol. The van der Waals surface area contributed by atoms with Gasteiger partial charge in [-0.2, -0.15) is 5.10 Å². The summed E-state index contributed by atoms with van der Waals surface area (Å²) in [5.74, 6) is 0.821. The van der Waals surface area contributed by atoms with E-state index >= 15 is 0 Å². The molecule has 0 radical (unpaired) electrons. The molecule has 1 aromatic rings. The molecule has 2 amide bonds. The maximum Gasteiger partial charge on any atom is 0.236 e. The molecule has 3 fully saturated rings. The molecular formula is C18H29N5O2. The number of carbonyl (C=O) groups excluding carboxylic acids is 2. The molecule has 1 aromatic heterocycles. The summed E-state index contributed by atoms with van der Waals surface area (Å²) in [5, 5.41) is 4.26. The van der Waals surface area contributed by atoms with Crippen LogP contribution in [0.3, 0.4) is 0 Å². The Morgan fingerprint density at radius 3 is 2.72 bits per heavy atom. The second-order valence-corrected chi connectivity index (χ2v) is 7.66. The second kappa shape index (κ2) is 7.56. The first-order valence-electron chi connectivity index (χ1n) is 9.13. The lowest BCUT2D eigenvalue weighted by Crippen LogP contribution is -2.48. The maximum absolute atomic E-state index is 12.7. The zero-order valence-electron chi connectivity index (χ0n) is 15.5. The van der Waals surface area contributed by atoms with Crippen molar-refractivity contribution in [3.8, 4) is 0 Å². The van der Waals surface area contributed by atoms with Crippen LogP contribution in [0.1, 0.15) is 24.8 Å². The average molecular weight is 347 g/mol. The van der Waals surface area contributed by atoms with Gasteiger partial charge in [-0.3, -0.25) is 19.2 Å². The molecule has 0 aliphatic carbocycles. The first-order valence-corrected chi connectivity index (χ1v) is 9.13. The van der Waals surface area contributed by atoms with Crippen LogP contribution in [-0.4, -0.2) is 82.6 Å². The van der Waals surface area contributed by atoms with Crippen LogP contribution in [0.5, 0.6) is 0 Å². The molecule has 138 valence electrons. The van der Waals surface area contributed by atoms with Crippen molar-refractivity contribution in [3.05, 3.63) is 18.0 Å². The molecule has 7 nitrogen and oxygen atoms in total. The number of rotatable bonds is 5. The van der Waals surface area contributed by atoms with Gasteiger partial charge >= 0.3 is 0 Å². The normalized spacial score (nSPS) is 23.6. The van der Waals surface area contributed by atoms with Crippen LogP contribution in [0.2, 0.25) is 0 Å². The SMILES string of the molecule is Cc1cnn(CCC(=O)N2C[C@@H]3CC[C@H]2CN(CC(=O)N(C)C)C3)c1. The lowest BCUT2D eigenvalue weighted by molar-refractivity contribution is -0.135. The summed E-state index contributed by atoms with van der Waals surface area (Å²) in [5.41, 5.74) is 1.11. The van der Waals surface area contributed by atoms with Gasteiger partial charge in [-0.05, 0) is 31.2 Å². The summed E-state index contributed by atoms with van der Waals surface area (Å²) in [7, 11) is 3.59. The molecule has 7 heteroatoms. The third-order valence-corrected chi connectivity index (χ3v) is 5.28. The molecule has 0 aromatic carbocycles. The Balaban J connectivity index is 1.58. The fraction of sp³-hybridized carbons (Fsp3) is 0.722. The van der Waals surface area contributed by atoms with Crippen LogP contribution < -0.4 is 0 Å². The van der Waals surface area contributed by atoms with Gasteiger partial charge in [0.2, 0.25) is 11.8 Å². The number of aromatic nitrogens is 2. The number of amides is 2. The van der Waals surface area contributed by atoms with E-state index < -0.39 is 0 Å². The monoisotopic (exact) mass is 347 g/mol. The largest absolute Gasteiger partial charge is 0.348 e. The minimum atomic E-state index is 0.133. The van der Waals surface area contributed by atoms with Crippen molar-refractivity contribution in [2.45, 2.75) is 38.8 Å². The van der Waals surface area contributed by atoms with Crippen molar-refractivity contribution >= 4 is 11.8 Å². The Bertz CT molecular complexity index is 627. The summed E-state index contributed by atoms with van der Waals surface area (Å²) in [6.07, 6.45) is 6.47. The predicted octanol–water partition coefficient (Wildman–Crippen LogP) is 0.593. The second-order valence-electron chi connectivity index (χ2n) is 7.66. The Morgan fingerprint density at radius 2 is 2.04 bits per heavy atom. The van der Waals surface area contributed by atoms with Gasteiger partial charge in [0.1, 0.15) is 0 Å². The molecule has 0 saturated carbocycles. The Labute approximate surface area is 149 Å². The summed E-state index contributed by atoms with van der Waals surface area (Å²) in [6.45, 7) is 5.63. The van der Waals surface area contributed by atoms with Crippen molar-refractivity contribution < 1.29 is 9.59 Å². The zero-order valence-corrected chi connectivity index (χ0v) is 15.5. The van der Waals surface area contributed by atoms with Crippen molar-refractivity contribution in [3.63, 3.8) is 0 Å². The summed E-state index contributed by atoms with van der Waals surface area (Å²) < 4.78 is 1.84. The van der Waals surface area contributed by atoms with Gasteiger partial charge < -0.3 is 9.80 Å². The molecule has 2 atom stereocenters. The minimum absolute atomic E-state index is 0.133. The Morgan fingerprint density at radius 1 is 1.24 bits per heavy atom. The summed E-state index contributed by atoms with van der Waals surface area (Å²) in [6, 6.07) is 0.237. The van der Waals surface area contributed by atoms with Crippen LogP contribution in [0, 0.1) is 12.8 Å². The standard InChI is InChI=1S/C18H29N5O2/c1-14-8-19-22(9-14)7-6-17(24)23-11-15-4-5-16(23)12-21(10-15)13-18(25)20(2)3/h8-9,15-16H,4-7,10-13H2,1-3H3/t15-,16+/m1/s1. The molecule has 4 heterocycles. The average Bonchev–Trinajstić information content (AvgIpc) is 2.79. The van der Waals surface area contributed by atoms with E-state index in [0.29, 0.717) is 25.4 Å². The highest BCUT2D eigenvalue weighted by Gasteiger charge is 2.37. The fourth-order valence-electron chi connectivity index (χ4n) is 3.89. The number of fused-ring (bicyclic) bond motifs is 4. The number of hydrogen-bond donors (Lipinski definition) is 0. The zero-order chi connectivity index (χ0) is 18.0. The van der Waals surface area contributed by atoms with E-state index in [4.69, 9.17) is 0 Å². The van der Waals surface area contributed by atoms with Crippen molar-refractivity contribution in [2.75, 3.05) is 40.3 Å². The van der Waals surface area contributed by atoms with E-state index in [1.54, 1.807) is 19.0 Å². The number of likely N-dealkylation sites (N-methyl/N-ethyl adjacent to an activating group) is 1. The molecule has 0 N–H and O–H groups in total. The van der Waals surface area contributed by atoms with Gasteiger partial charge in [-0.25, -0.2) is 0 Å². The first kappa shape index (κ1) is 17.9. The van der Waals surface area contributed by atoms with Crippen LogP contribution in [0.4, 0.5) is 0 Å². The van der Waals surface area contributed by atoms with Crippen molar-refractivity contribution in [1.82, 2.24) is 24.5 Å². The lowest BCUT2D eigenvalue weighted by atomic mass is 9.94. The van der Waals surface area contributed by atoms with Gasteiger partial charge in [0, 0.05) is 58.9 Å². The third kappa shape index (κ3) is 4.39. The maximum atomic E-state index is 12.7. The number of nitrogens with zero attached hydrogens (tertiary/aromatic N) is 5. The van der Waals surface area contributed by atoms with Crippen LogP contribution >= 0.6 is 0 Å². The molecule has 4 rings (SSSR count). The van der Waals surface area contributed by atoms with Crippen molar-refractivity contribution in [1.29, 1.82) is 0 Å². The molecule has 3 aliphatic rings. The van der Waals surface area contributed by atoms with Crippen LogP contribution in [0.25, 0.3) is 0 Å². The first-order chi connectivity index (χ1) is 11.9. The number of hydrogen-bond acceptors (Lipinski definition) is 4. The van der Waals surface area contributed by atoms with E-state index in [1.807, 2.05) is 24.0 Å². The van der Waals surface area contributed by atoms with E-state index in [1.165, 1.54) is 0 Å². The lowest BCUT2D eigenvalue weighted by Gasteiger charge is -2.36. The third-order valence-electron chi connectivity index (χ3n) is 5.28. The predicted molar refractivity (Wildman–Crippen MR) is 94.9 cm³/mol. The number of piperidine rings is 1. The van der Waals surface area contributed by atoms with Crippen LogP contribution in [-0.2, 0) is 16.1 Å². The van der Waals surface area contributed by atoms with E-state index in [9.17, 15) is 9.59 Å². The van der Waals surface area contributed by atoms with Gasteiger partial charge in [0.15, 0.2) is 0 Å². The van der Waals surface area contributed by atoms with E-state index in [2.05, 4.69) is 14.9 Å². The fourth-order valence-corrected chi connectivity index (χ4v) is 3.89. The molecule has 0 spiro atoms. The summed E-state index contributed by atoms with van der Waals surface area (Å²) in [4.78, 5) is 30.7. The topological polar surface area (TPSA) is 61.7 Å². The highest BCUT2D eigenvalue weighted by Crippen LogP contribution is 2.28. The van der Waals surface area contributed by atoms with E-state index in [0.717, 1.165) is 38.0 Å². The van der Waals surface area contributed by atoms with E-state index in [-0.39, 0.29) is 17.9 Å². The minimum Gasteiger partial charge on any atom is -0.348 e. The molecule has 3 aliphatic heterocycles. The molecule has 0 unspecified atom stereocenters. The van der Waals surface area contributed by atoms with Gasteiger partial charge in [0.25, 0.3) is 0 Å². The van der Waals surface area contributed by atoms with Gasteiger partial charge in [-0.1, -0.05) is 0 Å². The Kier molecular flexibility index (Phi) is 5.42.